The molecule has 0 spiro atoms. The van der Waals surface area contributed by atoms with Gasteiger partial charge in [-0.1, -0.05) is 17.7 Å². The fourth-order valence-electron chi connectivity index (χ4n) is 3.87. The van der Waals surface area contributed by atoms with Crippen LogP contribution < -0.4 is 9.80 Å². The summed E-state index contributed by atoms with van der Waals surface area (Å²) in [4.78, 5) is 39.7. The molecule has 0 N–H and O–H groups in total. The number of anilines is 2. The molecule has 4 rings (SSSR count). The molecule has 1 unspecified atom stereocenters. The van der Waals surface area contributed by atoms with Gasteiger partial charge < -0.3 is 14.7 Å². The predicted molar refractivity (Wildman–Crippen MR) is 107 cm³/mol. The molecule has 1 aromatic carbocycles. The van der Waals surface area contributed by atoms with E-state index in [1.165, 1.54) is 0 Å². The number of carbonyl (C=O) groups excluding carboxylic acids is 2. The van der Waals surface area contributed by atoms with Crippen molar-refractivity contribution in [2.45, 2.75) is 20.3 Å². The number of aryl methyl sites for hydroxylation is 2. The highest BCUT2D eigenvalue weighted by Gasteiger charge is 2.38. The first-order chi connectivity index (χ1) is 13.5. The summed E-state index contributed by atoms with van der Waals surface area (Å²) in [7, 11) is 0. The molecule has 1 atom stereocenters. The quantitative estimate of drug-likeness (QED) is 0.813. The van der Waals surface area contributed by atoms with Gasteiger partial charge in [0.15, 0.2) is 0 Å². The average molecular weight is 379 g/mol. The van der Waals surface area contributed by atoms with Crippen LogP contribution in [-0.2, 0) is 9.59 Å². The summed E-state index contributed by atoms with van der Waals surface area (Å²) in [6.07, 6.45) is 1.87. The van der Waals surface area contributed by atoms with Crippen LogP contribution in [0, 0.1) is 19.8 Å². The van der Waals surface area contributed by atoms with Crippen LogP contribution >= 0.6 is 0 Å². The van der Waals surface area contributed by atoms with E-state index in [-0.39, 0.29) is 24.2 Å². The van der Waals surface area contributed by atoms with E-state index in [1.807, 2.05) is 49.1 Å². The number of benzene rings is 1. The van der Waals surface area contributed by atoms with E-state index in [1.54, 1.807) is 11.2 Å². The number of hydrogen-bond acceptors (Lipinski definition) is 5. The lowest BCUT2D eigenvalue weighted by molar-refractivity contribution is -0.136. The van der Waals surface area contributed by atoms with Crippen molar-refractivity contribution in [1.82, 2.24) is 14.9 Å². The smallest absolute Gasteiger partial charge is 0.228 e. The van der Waals surface area contributed by atoms with Crippen LogP contribution in [-0.4, -0.2) is 59.4 Å². The van der Waals surface area contributed by atoms with Gasteiger partial charge in [0.2, 0.25) is 11.8 Å². The van der Waals surface area contributed by atoms with Crippen molar-refractivity contribution in [3.8, 4) is 0 Å². The van der Waals surface area contributed by atoms with Gasteiger partial charge >= 0.3 is 0 Å². The Morgan fingerprint density at radius 3 is 2.43 bits per heavy atom. The minimum atomic E-state index is -0.262. The summed E-state index contributed by atoms with van der Waals surface area (Å²) in [5, 5.41) is 0. The third kappa shape index (κ3) is 3.69. The summed E-state index contributed by atoms with van der Waals surface area (Å²) >= 11 is 0. The normalized spacial score (nSPS) is 20.0. The Balaban J connectivity index is 1.36. The standard InChI is InChI=1S/C21H25N5O2/c1-15-3-5-18(6-4-15)26-13-17(12-20(26)27)21(28)25-9-7-24(8-10-25)19-11-16(2)22-14-23-19/h3-6,11,14,17H,7-10,12-13H2,1-2H3. The fourth-order valence-corrected chi connectivity index (χ4v) is 3.87. The zero-order chi connectivity index (χ0) is 19.7. The second-order valence-electron chi connectivity index (χ2n) is 7.57. The van der Waals surface area contributed by atoms with Gasteiger partial charge in [-0.15, -0.1) is 0 Å². The summed E-state index contributed by atoms with van der Waals surface area (Å²) < 4.78 is 0. The second-order valence-corrected chi connectivity index (χ2v) is 7.57. The molecular formula is C21H25N5O2. The first kappa shape index (κ1) is 18.4. The van der Waals surface area contributed by atoms with Crippen LogP contribution in [0.25, 0.3) is 0 Å². The largest absolute Gasteiger partial charge is 0.353 e. The maximum absolute atomic E-state index is 13.0. The van der Waals surface area contributed by atoms with Gasteiger partial charge in [0.05, 0.1) is 5.92 Å². The lowest BCUT2D eigenvalue weighted by Gasteiger charge is -2.36. The van der Waals surface area contributed by atoms with E-state index < -0.39 is 0 Å². The predicted octanol–water partition coefficient (Wildman–Crippen LogP) is 1.80. The Morgan fingerprint density at radius 1 is 1.04 bits per heavy atom. The topological polar surface area (TPSA) is 69.6 Å². The second kappa shape index (κ2) is 7.58. The number of piperazine rings is 1. The first-order valence-electron chi connectivity index (χ1n) is 9.70. The molecule has 2 aromatic rings. The monoisotopic (exact) mass is 379 g/mol. The molecule has 2 aliphatic heterocycles. The highest BCUT2D eigenvalue weighted by Crippen LogP contribution is 2.27. The summed E-state index contributed by atoms with van der Waals surface area (Å²) in [5.74, 6) is 0.751. The van der Waals surface area contributed by atoms with Crippen molar-refractivity contribution < 1.29 is 9.59 Å². The van der Waals surface area contributed by atoms with Gasteiger partial charge in [-0.25, -0.2) is 9.97 Å². The van der Waals surface area contributed by atoms with Crippen LogP contribution in [0.1, 0.15) is 17.7 Å². The Bertz CT molecular complexity index is 875. The SMILES string of the molecule is Cc1ccc(N2CC(C(=O)N3CCN(c4cc(C)ncn4)CC3)CC2=O)cc1. The van der Waals surface area contributed by atoms with Crippen molar-refractivity contribution in [2.24, 2.45) is 5.92 Å². The van der Waals surface area contributed by atoms with Gasteiger partial charge in [0, 0.05) is 56.6 Å². The van der Waals surface area contributed by atoms with Crippen LogP contribution in [0.3, 0.4) is 0 Å². The third-order valence-electron chi connectivity index (χ3n) is 5.52. The van der Waals surface area contributed by atoms with E-state index in [0.29, 0.717) is 19.6 Å². The third-order valence-corrected chi connectivity index (χ3v) is 5.52. The molecule has 0 aliphatic carbocycles. The van der Waals surface area contributed by atoms with E-state index in [2.05, 4.69) is 14.9 Å². The van der Waals surface area contributed by atoms with Gasteiger partial charge in [0.1, 0.15) is 12.1 Å². The molecule has 28 heavy (non-hydrogen) atoms. The first-order valence-corrected chi connectivity index (χ1v) is 9.70. The molecule has 3 heterocycles. The zero-order valence-corrected chi connectivity index (χ0v) is 16.3. The maximum atomic E-state index is 13.0. The van der Waals surface area contributed by atoms with Gasteiger partial charge in [-0.2, -0.15) is 0 Å². The number of amides is 2. The van der Waals surface area contributed by atoms with Crippen LogP contribution in [0.4, 0.5) is 11.5 Å². The van der Waals surface area contributed by atoms with Crippen LogP contribution in [0.5, 0.6) is 0 Å². The molecule has 0 bridgehead atoms. The molecule has 146 valence electrons. The number of aromatic nitrogens is 2. The lowest BCUT2D eigenvalue weighted by atomic mass is 10.1. The van der Waals surface area contributed by atoms with Crippen molar-refractivity contribution in [3.05, 3.63) is 47.9 Å². The molecule has 0 radical (unpaired) electrons. The van der Waals surface area contributed by atoms with E-state index in [4.69, 9.17) is 0 Å². The summed E-state index contributed by atoms with van der Waals surface area (Å²) in [6, 6.07) is 9.84. The molecule has 7 heteroatoms. The van der Waals surface area contributed by atoms with E-state index >= 15 is 0 Å². The van der Waals surface area contributed by atoms with Crippen LogP contribution in [0.2, 0.25) is 0 Å². The fraction of sp³-hybridized carbons (Fsp3) is 0.429. The zero-order valence-electron chi connectivity index (χ0n) is 16.3. The molecule has 1 aromatic heterocycles. The Kier molecular flexibility index (Phi) is 4.98. The highest BCUT2D eigenvalue weighted by molar-refractivity contribution is 6.00. The molecule has 7 nitrogen and oxygen atoms in total. The Hall–Kier alpha value is -2.96. The minimum absolute atomic E-state index is 0.0253. The lowest BCUT2D eigenvalue weighted by Crippen LogP contribution is -2.51. The molecule has 0 saturated carbocycles. The summed E-state index contributed by atoms with van der Waals surface area (Å²) in [6.45, 7) is 7.21. The molecular weight excluding hydrogens is 354 g/mol. The molecule has 2 saturated heterocycles. The van der Waals surface area contributed by atoms with Crippen molar-refractivity contribution in [3.63, 3.8) is 0 Å². The Labute approximate surface area is 165 Å². The van der Waals surface area contributed by atoms with Gasteiger partial charge in [0.25, 0.3) is 0 Å². The maximum Gasteiger partial charge on any atom is 0.228 e. The van der Waals surface area contributed by atoms with E-state index in [0.717, 1.165) is 35.9 Å². The number of carbonyl (C=O) groups is 2. The number of hydrogen-bond donors (Lipinski definition) is 0. The van der Waals surface area contributed by atoms with Crippen molar-refractivity contribution in [1.29, 1.82) is 0 Å². The van der Waals surface area contributed by atoms with Gasteiger partial charge in [-0.05, 0) is 26.0 Å². The molecule has 2 fully saturated rings. The van der Waals surface area contributed by atoms with Crippen LogP contribution in [0.15, 0.2) is 36.7 Å². The van der Waals surface area contributed by atoms with Gasteiger partial charge in [-0.3, -0.25) is 9.59 Å². The number of rotatable bonds is 3. The average Bonchev–Trinajstić information content (AvgIpc) is 3.10. The van der Waals surface area contributed by atoms with Crippen molar-refractivity contribution >= 4 is 23.3 Å². The Morgan fingerprint density at radius 2 is 1.75 bits per heavy atom. The minimum Gasteiger partial charge on any atom is -0.353 e. The number of nitrogens with zero attached hydrogens (tertiary/aromatic N) is 5. The molecule has 2 amide bonds. The van der Waals surface area contributed by atoms with Crippen molar-refractivity contribution in [2.75, 3.05) is 42.5 Å². The summed E-state index contributed by atoms with van der Waals surface area (Å²) in [5.41, 5.74) is 2.96. The highest BCUT2D eigenvalue weighted by atomic mass is 16.2. The molecule has 2 aliphatic rings. The van der Waals surface area contributed by atoms with E-state index in [9.17, 15) is 9.59 Å².